The fourth-order valence-corrected chi connectivity index (χ4v) is 4.75. The number of carbonyl (C=O) groups is 1. The summed E-state index contributed by atoms with van der Waals surface area (Å²) in [6, 6.07) is 18.6. The van der Waals surface area contributed by atoms with Gasteiger partial charge in [-0.3, -0.25) is 9.59 Å². The summed E-state index contributed by atoms with van der Waals surface area (Å²) in [5, 5.41) is 0.496. The summed E-state index contributed by atoms with van der Waals surface area (Å²) >= 11 is 0. The largest absolute Gasteiger partial charge is 0.493 e. The normalized spacial score (nSPS) is 14.9. The molecule has 0 N–H and O–H groups in total. The van der Waals surface area contributed by atoms with Crippen molar-refractivity contribution >= 4 is 16.9 Å². The minimum Gasteiger partial charge on any atom is -0.493 e. The summed E-state index contributed by atoms with van der Waals surface area (Å²) in [7, 11) is 3.19. The van der Waals surface area contributed by atoms with E-state index in [1.165, 1.54) is 0 Å². The lowest BCUT2D eigenvalue weighted by Gasteiger charge is -2.25. The van der Waals surface area contributed by atoms with E-state index in [1.807, 2.05) is 68.4 Å². The van der Waals surface area contributed by atoms with Gasteiger partial charge in [-0.25, -0.2) is 0 Å². The molecule has 5 rings (SSSR count). The maximum Gasteiger partial charge on any atom is 0.290 e. The summed E-state index contributed by atoms with van der Waals surface area (Å²) in [5.74, 6) is 1.14. The van der Waals surface area contributed by atoms with E-state index in [9.17, 15) is 9.59 Å². The molecule has 178 valence electrons. The molecule has 0 radical (unpaired) electrons. The highest BCUT2D eigenvalue weighted by atomic mass is 16.5. The average Bonchev–Trinajstić information content (AvgIpc) is 3.15. The summed E-state index contributed by atoms with van der Waals surface area (Å²) in [6.07, 6.45) is 0.579. The van der Waals surface area contributed by atoms with Gasteiger partial charge in [0, 0.05) is 6.54 Å². The number of hydrogen-bond acceptors (Lipinski definition) is 5. The average molecular weight is 470 g/mol. The Morgan fingerprint density at radius 1 is 0.857 bits per heavy atom. The van der Waals surface area contributed by atoms with Gasteiger partial charge in [-0.1, -0.05) is 47.5 Å². The van der Waals surface area contributed by atoms with Crippen LogP contribution in [0, 0.1) is 13.8 Å². The number of ether oxygens (including phenoxy) is 2. The van der Waals surface area contributed by atoms with Crippen molar-refractivity contribution in [2.45, 2.75) is 26.3 Å². The first-order chi connectivity index (χ1) is 16.9. The van der Waals surface area contributed by atoms with E-state index < -0.39 is 6.04 Å². The molecule has 1 aromatic heterocycles. The molecule has 1 amide bonds. The van der Waals surface area contributed by atoms with Gasteiger partial charge in [0.15, 0.2) is 16.9 Å². The first-order valence-electron chi connectivity index (χ1n) is 11.6. The van der Waals surface area contributed by atoms with Crippen LogP contribution in [0.2, 0.25) is 0 Å². The van der Waals surface area contributed by atoms with E-state index in [1.54, 1.807) is 25.2 Å². The number of benzene rings is 3. The van der Waals surface area contributed by atoms with Crippen molar-refractivity contribution in [3.8, 4) is 11.5 Å². The van der Waals surface area contributed by atoms with Crippen LogP contribution in [0.25, 0.3) is 11.0 Å². The lowest BCUT2D eigenvalue weighted by Crippen LogP contribution is -2.31. The monoisotopic (exact) mass is 469 g/mol. The number of aryl methyl sites for hydroxylation is 2. The van der Waals surface area contributed by atoms with Gasteiger partial charge in [0.05, 0.1) is 31.2 Å². The number of hydrogen-bond donors (Lipinski definition) is 0. The molecule has 0 saturated carbocycles. The van der Waals surface area contributed by atoms with E-state index in [-0.39, 0.29) is 17.1 Å². The number of amides is 1. The molecule has 1 aliphatic heterocycles. The smallest absolute Gasteiger partial charge is 0.290 e. The van der Waals surface area contributed by atoms with E-state index >= 15 is 0 Å². The second kappa shape index (κ2) is 8.95. The molecule has 0 spiro atoms. The Morgan fingerprint density at radius 2 is 1.57 bits per heavy atom. The third kappa shape index (κ3) is 3.95. The topological polar surface area (TPSA) is 69.0 Å². The molecular weight excluding hydrogens is 442 g/mol. The fraction of sp³-hybridized carbons (Fsp3) is 0.241. The van der Waals surface area contributed by atoms with Gasteiger partial charge in [0.1, 0.15) is 5.58 Å². The molecule has 0 fully saturated rings. The molecule has 0 saturated heterocycles. The Bertz CT molecular complexity index is 1490. The molecule has 2 heterocycles. The summed E-state index contributed by atoms with van der Waals surface area (Å²) in [6.45, 7) is 4.35. The van der Waals surface area contributed by atoms with Crippen LogP contribution in [0.3, 0.4) is 0 Å². The van der Waals surface area contributed by atoms with Gasteiger partial charge in [0.2, 0.25) is 5.76 Å². The van der Waals surface area contributed by atoms with Gasteiger partial charge in [0.25, 0.3) is 5.91 Å². The highest BCUT2D eigenvalue weighted by Gasteiger charge is 2.42. The van der Waals surface area contributed by atoms with Crippen LogP contribution in [0.15, 0.2) is 69.9 Å². The summed E-state index contributed by atoms with van der Waals surface area (Å²) < 4.78 is 16.8. The molecule has 6 heteroatoms. The zero-order valence-corrected chi connectivity index (χ0v) is 20.3. The predicted octanol–water partition coefficient (Wildman–Crippen LogP) is 5.21. The number of rotatable bonds is 6. The van der Waals surface area contributed by atoms with E-state index in [4.69, 9.17) is 13.9 Å². The van der Waals surface area contributed by atoms with Crippen molar-refractivity contribution in [3.05, 3.63) is 104 Å². The maximum atomic E-state index is 13.7. The van der Waals surface area contributed by atoms with Gasteiger partial charge in [-0.2, -0.15) is 0 Å². The Balaban J connectivity index is 1.58. The number of nitrogens with zero attached hydrogens (tertiary/aromatic N) is 1. The van der Waals surface area contributed by atoms with Crippen molar-refractivity contribution < 1.29 is 18.7 Å². The Morgan fingerprint density at radius 3 is 2.29 bits per heavy atom. The molecule has 4 aromatic rings. The lowest BCUT2D eigenvalue weighted by atomic mass is 9.97. The number of fused-ring (bicyclic) bond motifs is 2. The molecule has 0 bridgehead atoms. The van der Waals surface area contributed by atoms with Crippen LogP contribution in [-0.4, -0.2) is 31.6 Å². The zero-order valence-electron chi connectivity index (χ0n) is 20.3. The van der Waals surface area contributed by atoms with Crippen LogP contribution < -0.4 is 14.9 Å². The lowest BCUT2D eigenvalue weighted by molar-refractivity contribution is 0.0730. The predicted molar refractivity (Wildman–Crippen MR) is 135 cm³/mol. The maximum absolute atomic E-state index is 13.7. The van der Waals surface area contributed by atoms with Gasteiger partial charge >= 0.3 is 0 Å². The Hall–Kier alpha value is -4.06. The molecular formula is C29H27NO5. The molecule has 1 atom stereocenters. The first-order valence-corrected chi connectivity index (χ1v) is 11.6. The molecule has 35 heavy (non-hydrogen) atoms. The van der Waals surface area contributed by atoms with Gasteiger partial charge < -0.3 is 18.8 Å². The van der Waals surface area contributed by atoms with Gasteiger partial charge in [-0.15, -0.1) is 0 Å². The van der Waals surface area contributed by atoms with Crippen LogP contribution in [0.4, 0.5) is 0 Å². The highest BCUT2D eigenvalue weighted by Crippen LogP contribution is 2.38. The molecule has 1 aliphatic rings. The third-order valence-electron chi connectivity index (χ3n) is 6.60. The van der Waals surface area contributed by atoms with Crippen molar-refractivity contribution in [1.29, 1.82) is 0 Å². The van der Waals surface area contributed by atoms with Crippen molar-refractivity contribution in [2.24, 2.45) is 0 Å². The fourth-order valence-electron chi connectivity index (χ4n) is 4.75. The minimum atomic E-state index is -0.514. The number of methoxy groups -OCH3 is 2. The van der Waals surface area contributed by atoms with E-state index in [2.05, 4.69) is 0 Å². The van der Waals surface area contributed by atoms with Crippen LogP contribution in [0.5, 0.6) is 11.5 Å². The van der Waals surface area contributed by atoms with Crippen LogP contribution in [-0.2, 0) is 6.42 Å². The zero-order chi connectivity index (χ0) is 24.7. The van der Waals surface area contributed by atoms with Crippen molar-refractivity contribution in [1.82, 2.24) is 4.90 Å². The van der Waals surface area contributed by atoms with E-state index in [0.29, 0.717) is 41.0 Å². The quantitative estimate of drug-likeness (QED) is 0.388. The second-order valence-corrected chi connectivity index (χ2v) is 8.92. The van der Waals surface area contributed by atoms with Crippen LogP contribution in [0.1, 0.15) is 44.4 Å². The Kier molecular flexibility index (Phi) is 5.81. The van der Waals surface area contributed by atoms with Gasteiger partial charge in [-0.05, 0) is 55.7 Å². The SMILES string of the molecule is COc1ccc(CCN2C(=O)c3oc4ccc(C)cc4c(=O)c3[C@@H]2c2ccc(C)cc2)cc1OC. The van der Waals surface area contributed by atoms with Crippen molar-refractivity contribution in [3.63, 3.8) is 0 Å². The second-order valence-electron chi connectivity index (χ2n) is 8.92. The molecule has 3 aromatic carbocycles. The summed E-state index contributed by atoms with van der Waals surface area (Å²) in [5.41, 5.74) is 4.63. The van der Waals surface area contributed by atoms with E-state index in [0.717, 1.165) is 22.3 Å². The van der Waals surface area contributed by atoms with Crippen LogP contribution >= 0.6 is 0 Å². The van der Waals surface area contributed by atoms with Crippen molar-refractivity contribution in [2.75, 3.05) is 20.8 Å². The standard InChI is InChI=1S/C29H27NO5/c1-17-5-9-20(10-6-17)26-25-27(31)21-15-18(2)7-11-22(21)35-28(25)29(32)30(26)14-13-19-8-12-23(33-3)24(16-19)34-4/h5-12,15-16,26H,13-14H2,1-4H3/t26-/m0/s1. The molecule has 6 nitrogen and oxygen atoms in total. The number of carbonyl (C=O) groups excluding carboxylic acids is 1. The minimum absolute atomic E-state index is 0.129. The summed E-state index contributed by atoms with van der Waals surface area (Å²) in [4.78, 5) is 29.0. The third-order valence-corrected chi connectivity index (χ3v) is 6.60. The molecule has 0 aliphatic carbocycles. The Labute approximate surface area is 203 Å². The highest BCUT2D eigenvalue weighted by molar-refractivity contribution is 5.99. The molecule has 0 unspecified atom stereocenters. The first kappa shape index (κ1) is 22.7.